The van der Waals surface area contributed by atoms with Crippen molar-refractivity contribution in [2.24, 2.45) is 0 Å². The van der Waals surface area contributed by atoms with Crippen molar-refractivity contribution in [3.63, 3.8) is 0 Å². The summed E-state index contributed by atoms with van der Waals surface area (Å²) >= 11 is 0. The van der Waals surface area contributed by atoms with Gasteiger partial charge in [0, 0.05) is 17.7 Å². The average Bonchev–Trinajstić information content (AvgIpc) is 2.75. The van der Waals surface area contributed by atoms with E-state index in [2.05, 4.69) is 12.2 Å². The van der Waals surface area contributed by atoms with Crippen LogP contribution < -0.4 is 14.8 Å². The van der Waals surface area contributed by atoms with Crippen LogP contribution in [0.15, 0.2) is 42.5 Å². The number of carbonyl (C=O) groups excluding carboxylic acids is 1. The molecule has 1 unspecified atom stereocenters. The lowest BCUT2D eigenvalue weighted by Gasteiger charge is -2.27. The smallest absolute Gasteiger partial charge is 0.167 e. The zero-order valence-electron chi connectivity index (χ0n) is 17.7. The number of para-hydroxylation sites is 1. The number of unbranched alkanes of at least 4 members (excludes halogenated alkanes) is 6. The van der Waals surface area contributed by atoms with Gasteiger partial charge in [0.1, 0.15) is 0 Å². The molecule has 0 aliphatic carbocycles. The van der Waals surface area contributed by atoms with Gasteiger partial charge in [0.25, 0.3) is 0 Å². The van der Waals surface area contributed by atoms with Gasteiger partial charge in [0.05, 0.1) is 19.8 Å². The number of anilines is 1. The van der Waals surface area contributed by atoms with Gasteiger partial charge in [-0.15, -0.1) is 0 Å². The van der Waals surface area contributed by atoms with Gasteiger partial charge >= 0.3 is 0 Å². The molecule has 0 bridgehead atoms. The van der Waals surface area contributed by atoms with E-state index in [-0.39, 0.29) is 11.8 Å². The van der Waals surface area contributed by atoms with E-state index in [1.54, 1.807) is 7.11 Å². The van der Waals surface area contributed by atoms with E-state index in [9.17, 15) is 4.79 Å². The van der Waals surface area contributed by atoms with Crippen molar-refractivity contribution in [3.8, 4) is 11.5 Å². The Morgan fingerprint density at radius 2 is 1.72 bits per heavy atom. The van der Waals surface area contributed by atoms with E-state index in [1.807, 2.05) is 42.5 Å². The highest BCUT2D eigenvalue weighted by Crippen LogP contribution is 2.36. The van der Waals surface area contributed by atoms with Crippen LogP contribution in [0.4, 0.5) is 5.69 Å². The highest BCUT2D eigenvalue weighted by molar-refractivity contribution is 6.03. The zero-order chi connectivity index (χ0) is 20.5. The lowest BCUT2D eigenvalue weighted by molar-refractivity contribution is 0.0972. The normalized spacial score (nSPS) is 15.5. The third-order valence-corrected chi connectivity index (χ3v) is 5.54. The molecule has 156 valence electrons. The standard InChI is InChI=1S/C25H33NO3/c1-3-4-5-6-7-8-11-16-29-24-15-14-19(17-25(24)28-2)22-18-23(27)20-12-9-10-13-21(20)26-22/h9-10,12-15,17,22,26H,3-8,11,16,18H2,1-2H3. The number of fused-ring (bicyclic) bond motifs is 1. The number of hydrogen-bond acceptors (Lipinski definition) is 4. The summed E-state index contributed by atoms with van der Waals surface area (Å²) < 4.78 is 11.5. The van der Waals surface area contributed by atoms with E-state index in [0.29, 0.717) is 13.0 Å². The van der Waals surface area contributed by atoms with Gasteiger partial charge in [-0.2, -0.15) is 0 Å². The molecule has 1 aliphatic rings. The lowest BCUT2D eigenvalue weighted by Crippen LogP contribution is -2.22. The molecule has 4 heteroatoms. The fraction of sp³-hybridized carbons (Fsp3) is 0.480. The van der Waals surface area contributed by atoms with Crippen molar-refractivity contribution in [2.75, 3.05) is 19.0 Å². The molecule has 1 N–H and O–H groups in total. The third kappa shape index (κ3) is 5.75. The summed E-state index contributed by atoms with van der Waals surface area (Å²) in [5.74, 6) is 1.66. The van der Waals surface area contributed by atoms with E-state index >= 15 is 0 Å². The minimum absolute atomic E-state index is 0.0523. The summed E-state index contributed by atoms with van der Waals surface area (Å²) in [7, 11) is 1.66. The van der Waals surface area contributed by atoms with Gasteiger partial charge in [-0.1, -0.05) is 63.6 Å². The highest BCUT2D eigenvalue weighted by atomic mass is 16.5. The highest BCUT2D eigenvalue weighted by Gasteiger charge is 2.25. The predicted octanol–water partition coefficient (Wildman–Crippen LogP) is 6.56. The molecule has 0 saturated heterocycles. The molecule has 29 heavy (non-hydrogen) atoms. The molecule has 0 saturated carbocycles. The fourth-order valence-corrected chi connectivity index (χ4v) is 3.85. The van der Waals surface area contributed by atoms with Crippen LogP contribution in [-0.4, -0.2) is 19.5 Å². The van der Waals surface area contributed by atoms with E-state index in [0.717, 1.165) is 34.7 Å². The van der Waals surface area contributed by atoms with Crippen LogP contribution >= 0.6 is 0 Å². The molecule has 0 spiro atoms. The third-order valence-electron chi connectivity index (χ3n) is 5.54. The van der Waals surface area contributed by atoms with E-state index in [1.165, 1.54) is 38.5 Å². The molecule has 2 aromatic carbocycles. The lowest BCUT2D eigenvalue weighted by atomic mass is 9.92. The number of benzene rings is 2. The maximum absolute atomic E-state index is 12.5. The van der Waals surface area contributed by atoms with Crippen LogP contribution in [0.3, 0.4) is 0 Å². The van der Waals surface area contributed by atoms with E-state index < -0.39 is 0 Å². The summed E-state index contributed by atoms with van der Waals surface area (Å²) in [6.45, 7) is 2.95. The Balaban J connectivity index is 1.55. The van der Waals surface area contributed by atoms with Crippen LogP contribution in [0.25, 0.3) is 0 Å². The minimum Gasteiger partial charge on any atom is -0.493 e. The summed E-state index contributed by atoms with van der Waals surface area (Å²) in [6, 6.07) is 13.6. The summed E-state index contributed by atoms with van der Waals surface area (Å²) in [4.78, 5) is 12.5. The van der Waals surface area contributed by atoms with Crippen LogP contribution in [0.1, 0.15) is 80.3 Å². The van der Waals surface area contributed by atoms with Gasteiger partial charge in [0.2, 0.25) is 0 Å². The number of carbonyl (C=O) groups is 1. The Morgan fingerprint density at radius 3 is 2.52 bits per heavy atom. The van der Waals surface area contributed by atoms with Gasteiger partial charge in [-0.3, -0.25) is 4.79 Å². The maximum atomic E-state index is 12.5. The number of nitrogens with one attached hydrogen (secondary N) is 1. The zero-order valence-corrected chi connectivity index (χ0v) is 17.7. The van der Waals surface area contributed by atoms with Crippen molar-refractivity contribution < 1.29 is 14.3 Å². The molecule has 3 rings (SSSR count). The molecule has 1 heterocycles. The molecular formula is C25H33NO3. The SMILES string of the molecule is CCCCCCCCCOc1ccc(C2CC(=O)c3ccccc3N2)cc1OC. The molecule has 0 aromatic heterocycles. The second-order valence-electron chi connectivity index (χ2n) is 7.75. The van der Waals surface area contributed by atoms with Gasteiger partial charge in [-0.05, 0) is 36.2 Å². The minimum atomic E-state index is -0.0523. The number of rotatable bonds is 11. The van der Waals surface area contributed by atoms with Crippen LogP contribution in [0.5, 0.6) is 11.5 Å². The summed E-state index contributed by atoms with van der Waals surface area (Å²) in [5.41, 5.74) is 2.70. The molecule has 0 fully saturated rings. The first-order valence-electron chi connectivity index (χ1n) is 10.9. The van der Waals surface area contributed by atoms with Crippen LogP contribution in [0, 0.1) is 0 Å². The van der Waals surface area contributed by atoms with Crippen molar-refractivity contribution in [3.05, 3.63) is 53.6 Å². The Hall–Kier alpha value is -2.49. The van der Waals surface area contributed by atoms with Crippen LogP contribution in [0.2, 0.25) is 0 Å². The molecule has 4 nitrogen and oxygen atoms in total. The number of hydrogen-bond donors (Lipinski definition) is 1. The number of ketones is 1. The largest absolute Gasteiger partial charge is 0.493 e. The maximum Gasteiger partial charge on any atom is 0.167 e. The number of methoxy groups -OCH3 is 1. The molecular weight excluding hydrogens is 362 g/mol. The summed E-state index contributed by atoms with van der Waals surface area (Å²) in [5, 5.41) is 3.48. The number of Topliss-reactive ketones (excluding diaryl/α,β-unsaturated/α-hetero) is 1. The topological polar surface area (TPSA) is 47.6 Å². The van der Waals surface area contributed by atoms with Crippen LogP contribution in [-0.2, 0) is 0 Å². The predicted molar refractivity (Wildman–Crippen MR) is 118 cm³/mol. The Bertz CT molecular complexity index is 802. The average molecular weight is 396 g/mol. The second-order valence-corrected chi connectivity index (χ2v) is 7.75. The van der Waals surface area contributed by atoms with Crippen molar-refractivity contribution in [1.82, 2.24) is 0 Å². The fourth-order valence-electron chi connectivity index (χ4n) is 3.85. The molecule has 2 aromatic rings. The quantitative estimate of drug-likeness (QED) is 0.437. The van der Waals surface area contributed by atoms with Gasteiger partial charge in [0.15, 0.2) is 17.3 Å². The van der Waals surface area contributed by atoms with E-state index in [4.69, 9.17) is 9.47 Å². The molecule has 1 aliphatic heterocycles. The molecule has 0 amide bonds. The first-order chi connectivity index (χ1) is 14.2. The molecule has 0 radical (unpaired) electrons. The Labute approximate surface area is 174 Å². The first-order valence-corrected chi connectivity index (χ1v) is 10.9. The summed E-state index contributed by atoms with van der Waals surface area (Å²) in [6.07, 6.45) is 9.28. The monoisotopic (exact) mass is 395 g/mol. The Kier molecular flexibility index (Phi) is 7.97. The van der Waals surface area contributed by atoms with Gasteiger partial charge < -0.3 is 14.8 Å². The Morgan fingerprint density at radius 1 is 0.966 bits per heavy atom. The van der Waals surface area contributed by atoms with Gasteiger partial charge in [-0.25, -0.2) is 0 Å². The molecule has 1 atom stereocenters. The second kappa shape index (κ2) is 10.9. The van der Waals surface area contributed by atoms with Crippen molar-refractivity contribution in [2.45, 2.75) is 64.3 Å². The first kappa shape index (κ1) is 21.2. The number of ether oxygens (including phenoxy) is 2. The van der Waals surface area contributed by atoms with Crippen molar-refractivity contribution >= 4 is 11.5 Å². The van der Waals surface area contributed by atoms with Crippen molar-refractivity contribution in [1.29, 1.82) is 0 Å².